The Bertz CT molecular complexity index is 596. The minimum atomic E-state index is -4.37. The third kappa shape index (κ3) is 4.21. The van der Waals surface area contributed by atoms with Crippen LogP contribution in [0.2, 0.25) is 0 Å². The normalized spacial score (nSPS) is 12.1. The molecule has 0 unspecified atom stereocenters. The second-order valence-corrected chi connectivity index (χ2v) is 6.58. The Morgan fingerprint density at radius 1 is 1.29 bits per heavy atom. The van der Waals surface area contributed by atoms with Crippen molar-refractivity contribution in [2.45, 2.75) is 37.6 Å². The highest BCUT2D eigenvalue weighted by atomic mass is 32.2. The van der Waals surface area contributed by atoms with Gasteiger partial charge in [0.15, 0.2) is 4.90 Å². The molecule has 0 saturated heterocycles. The molecule has 0 aromatic heterocycles. The third-order valence-corrected chi connectivity index (χ3v) is 4.96. The van der Waals surface area contributed by atoms with Gasteiger partial charge in [-0.05, 0) is 32.4 Å². The lowest BCUT2D eigenvalue weighted by molar-refractivity contribution is -0.137. The number of carboxylic acid groups (broad SMARTS) is 1. The Morgan fingerprint density at radius 3 is 2.24 bits per heavy atom. The fourth-order valence-electron chi connectivity index (χ4n) is 1.89. The molecule has 1 rings (SSSR count). The number of nitrogens with zero attached hydrogens (tertiary/aromatic N) is 1. The van der Waals surface area contributed by atoms with Crippen LogP contribution in [0.25, 0.3) is 0 Å². The summed E-state index contributed by atoms with van der Waals surface area (Å²) in [7, 11) is -4.37. The Balaban J connectivity index is 3.14. The molecule has 0 heterocycles. The van der Waals surface area contributed by atoms with E-state index in [1.54, 1.807) is 13.8 Å². The van der Waals surface area contributed by atoms with E-state index in [9.17, 15) is 22.0 Å². The van der Waals surface area contributed by atoms with Crippen molar-refractivity contribution in [3.8, 4) is 0 Å². The highest BCUT2D eigenvalue weighted by Crippen LogP contribution is 2.24. The first-order valence-electron chi connectivity index (χ1n) is 6.35. The molecule has 0 bridgehead atoms. The molecular weight excluding hydrogens is 304 g/mol. The summed E-state index contributed by atoms with van der Waals surface area (Å²) >= 11 is 0. The van der Waals surface area contributed by atoms with Gasteiger partial charge < -0.3 is 5.11 Å². The van der Waals surface area contributed by atoms with Crippen molar-refractivity contribution in [3.63, 3.8) is 0 Å². The molecule has 0 radical (unpaired) electrons. The van der Waals surface area contributed by atoms with Crippen LogP contribution in [-0.4, -0.2) is 36.4 Å². The van der Waals surface area contributed by atoms with E-state index >= 15 is 0 Å². The Morgan fingerprint density at radius 2 is 1.81 bits per heavy atom. The molecule has 1 aromatic carbocycles. The maximum Gasteiger partial charge on any atom is 0.303 e. The SMILES string of the molecule is CC(C)N(CCCC(=O)O)S(=O)(=O)c1c(F)cccc1F. The molecule has 0 spiro atoms. The molecule has 1 N–H and O–H groups in total. The van der Waals surface area contributed by atoms with Gasteiger partial charge in [0, 0.05) is 19.0 Å². The number of hydrogen-bond donors (Lipinski definition) is 1. The van der Waals surface area contributed by atoms with Crippen LogP contribution in [0.5, 0.6) is 0 Å². The first kappa shape index (κ1) is 17.5. The zero-order valence-corrected chi connectivity index (χ0v) is 12.5. The number of carbonyl (C=O) groups is 1. The number of hydrogen-bond acceptors (Lipinski definition) is 3. The second-order valence-electron chi connectivity index (χ2n) is 4.76. The lowest BCUT2D eigenvalue weighted by Gasteiger charge is -2.26. The summed E-state index contributed by atoms with van der Waals surface area (Å²) in [5.74, 6) is -3.40. The van der Waals surface area contributed by atoms with Crippen molar-refractivity contribution in [3.05, 3.63) is 29.8 Å². The predicted molar refractivity (Wildman–Crippen MR) is 72.3 cm³/mol. The zero-order chi connectivity index (χ0) is 16.2. The number of carboxylic acids is 1. The average molecular weight is 321 g/mol. The number of sulfonamides is 1. The van der Waals surface area contributed by atoms with Gasteiger partial charge in [0.1, 0.15) is 11.6 Å². The van der Waals surface area contributed by atoms with Crippen LogP contribution < -0.4 is 0 Å². The molecular formula is C13H17F2NO4S. The van der Waals surface area contributed by atoms with Gasteiger partial charge in [-0.3, -0.25) is 4.79 Å². The monoisotopic (exact) mass is 321 g/mol. The summed E-state index contributed by atoms with van der Waals surface area (Å²) in [6.07, 6.45) is -0.165. The summed E-state index contributed by atoms with van der Waals surface area (Å²) in [5, 5.41) is 8.59. The van der Waals surface area contributed by atoms with Crippen molar-refractivity contribution < 1.29 is 27.1 Å². The van der Waals surface area contributed by atoms with Gasteiger partial charge in [0.25, 0.3) is 0 Å². The summed E-state index contributed by atoms with van der Waals surface area (Å²) < 4.78 is 53.0. The highest BCUT2D eigenvalue weighted by molar-refractivity contribution is 7.89. The summed E-state index contributed by atoms with van der Waals surface area (Å²) in [4.78, 5) is 9.49. The quantitative estimate of drug-likeness (QED) is 0.835. The molecule has 0 amide bonds. The first-order valence-corrected chi connectivity index (χ1v) is 7.79. The third-order valence-electron chi connectivity index (χ3n) is 2.83. The van der Waals surface area contributed by atoms with Gasteiger partial charge in [-0.15, -0.1) is 0 Å². The highest BCUT2D eigenvalue weighted by Gasteiger charge is 2.32. The van der Waals surface area contributed by atoms with E-state index in [0.29, 0.717) is 0 Å². The van der Waals surface area contributed by atoms with E-state index in [2.05, 4.69) is 0 Å². The van der Waals surface area contributed by atoms with Gasteiger partial charge >= 0.3 is 5.97 Å². The molecule has 21 heavy (non-hydrogen) atoms. The van der Waals surface area contributed by atoms with E-state index in [-0.39, 0.29) is 19.4 Å². The predicted octanol–water partition coefficient (Wildman–Crippen LogP) is 2.23. The topological polar surface area (TPSA) is 74.7 Å². The number of benzene rings is 1. The standard InChI is InChI=1S/C13H17F2NO4S/c1-9(2)16(8-4-7-12(17)18)21(19,20)13-10(14)5-3-6-11(13)15/h3,5-6,9H,4,7-8H2,1-2H3,(H,17,18). The second kappa shape index (κ2) is 6.95. The van der Waals surface area contributed by atoms with Crippen LogP contribution in [0.4, 0.5) is 8.78 Å². The minimum Gasteiger partial charge on any atom is -0.481 e. The smallest absolute Gasteiger partial charge is 0.303 e. The Labute approximate surface area is 122 Å². The molecule has 1 aromatic rings. The number of aliphatic carboxylic acids is 1. The zero-order valence-electron chi connectivity index (χ0n) is 11.7. The van der Waals surface area contributed by atoms with Crippen LogP contribution in [0.1, 0.15) is 26.7 Å². The molecule has 5 nitrogen and oxygen atoms in total. The summed E-state index contributed by atoms with van der Waals surface area (Å²) in [6.45, 7) is 2.98. The Kier molecular flexibility index (Phi) is 5.79. The maximum absolute atomic E-state index is 13.7. The Hall–Kier alpha value is -1.54. The lowest BCUT2D eigenvalue weighted by Crippen LogP contribution is -2.38. The van der Waals surface area contributed by atoms with E-state index in [1.165, 1.54) is 0 Å². The van der Waals surface area contributed by atoms with E-state index in [0.717, 1.165) is 22.5 Å². The lowest BCUT2D eigenvalue weighted by atomic mass is 10.3. The van der Waals surface area contributed by atoms with Gasteiger partial charge in [-0.2, -0.15) is 4.31 Å². The van der Waals surface area contributed by atoms with Crippen molar-refractivity contribution in [2.75, 3.05) is 6.54 Å². The number of halogens is 2. The van der Waals surface area contributed by atoms with E-state index < -0.39 is 38.6 Å². The van der Waals surface area contributed by atoms with Crippen molar-refractivity contribution >= 4 is 16.0 Å². The van der Waals surface area contributed by atoms with Crippen molar-refractivity contribution in [1.29, 1.82) is 0 Å². The van der Waals surface area contributed by atoms with E-state index in [4.69, 9.17) is 5.11 Å². The van der Waals surface area contributed by atoms with Crippen LogP contribution >= 0.6 is 0 Å². The van der Waals surface area contributed by atoms with Gasteiger partial charge in [-0.25, -0.2) is 17.2 Å². The fourth-order valence-corrected chi connectivity index (χ4v) is 3.68. The first-order chi connectivity index (χ1) is 9.67. The minimum absolute atomic E-state index is 0.0583. The fraction of sp³-hybridized carbons (Fsp3) is 0.462. The molecule has 118 valence electrons. The average Bonchev–Trinajstić information content (AvgIpc) is 2.32. The molecule has 0 aliphatic heterocycles. The van der Waals surface area contributed by atoms with Crippen LogP contribution in [0, 0.1) is 11.6 Å². The molecule has 0 atom stereocenters. The van der Waals surface area contributed by atoms with Crippen LogP contribution in [-0.2, 0) is 14.8 Å². The van der Waals surface area contributed by atoms with Gasteiger partial charge in [0.2, 0.25) is 10.0 Å². The largest absolute Gasteiger partial charge is 0.481 e. The molecule has 0 saturated carbocycles. The number of rotatable bonds is 7. The molecule has 8 heteroatoms. The van der Waals surface area contributed by atoms with Crippen LogP contribution in [0.15, 0.2) is 23.1 Å². The van der Waals surface area contributed by atoms with Crippen molar-refractivity contribution in [2.24, 2.45) is 0 Å². The van der Waals surface area contributed by atoms with Gasteiger partial charge in [0.05, 0.1) is 0 Å². The summed E-state index contributed by atoms with van der Waals surface area (Å²) in [5.41, 5.74) is 0. The molecule has 0 aliphatic carbocycles. The van der Waals surface area contributed by atoms with Crippen molar-refractivity contribution in [1.82, 2.24) is 4.31 Å². The molecule has 0 fully saturated rings. The van der Waals surface area contributed by atoms with Crippen LogP contribution in [0.3, 0.4) is 0 Å². The summed E-state index contributed by atoms with van der Waals surface area (Å²) in [6, 6.07) is 2.26. The van der Waals surface area contributed by atoms with Gasteiger partial charge in [-0.1, -0.05) is 6.07 Å². The maximum atomic E-state index is 13.7. The molecule has 0 aliphatic rings. The van der Waals surface area contributed by atoms with E-state index in [1.807, 2.05) is 0 Å².